The molecule has 0 aromatic heterocycles. The summed E-state index contributed by atoms with van der Waals surface area (Å²) in [6.07, 6.45) is 3.54. The fourth-order valence-corrected chi connectivity index (χ4v) is 2.82. The molecule has 0 aliphatic carbocycles. The fourth-order valence-electron chi connectivity index (χ4n) is 2.82. The molecule has 2 aliphatic rings. The smallest absolute Gasteiger partial charge is 0.236 e. The van der Waals surface area contributed by atoms with E-state index in [1.807, 2.05) is 4.90 Å². The zero-order chi connectivity index (χ0) is 14.4. The monoisotopic (exact) mass is 282 g/mol. The van der Waals surface area contributed by atoms with Crippen LogP contribution < -0.4 is 5.32 Å². The van der Waals surface area contributed by atoms with Gasteiger partial charge in [-0.25, -0.2) is 0 Å². The van der Waals surface area contributed by atoms with Crippen LogP contribution in [0.15, 0.2) is 0 Å². The number of hydrogen-bond donors (Lipinski definition) is 1. The Morgan fingerprint density at radius 2 is 1.40 bits per heavy atom. The molecule has 2 fully saturated rings. The van der Waals surface area contributed by atoms with Crippen molar-refractivity contribution < 1.29 is 9.59 Å². The molecule has 1 N–H and O–H groups in total. The molecule has 2 amide bonds. The summed E-state index contributed by atoms with van der Waals surface area (Å²) >= 11 is 0. The lowest BCUT2D eigenvalue weighted by molar-refractivity contribution is -0.134. The summed E-state index contributed by atoms with van der Waals surface area (Å²) in [5, 5.41) is 2.64. The van der Waals surface area contributed by atoms with Crippen LogP contribution in [0.5, 0.6) is 0 Å². The summed E-state index contributed by atoms with van der Waals surface area (Å²) in [5.41, 5.74) is 0. The largest absolute Gasteiger partial charge is 0.358 e. The first-order chi connectivity index (χ1) is 9.69. The van der Waals surface area contributed by atoms with Crippen LogP contribution in [0.25, 0.3) is 0 Å². The Kier molecular flexibility index (Phi) is 5.79. The minimum absolute atomic E-state index is 0.0582. The molecule has 114 valence electrons. The predicted octanol–water partition coefficient (Wildman–Crippen LogP) is -0.637. The van der Waals surface area contributed by atoms with Crippen molar-refractivity contribution in [2.24, 2.45) is 0 Å². The number of likely N-dealkylation sites (tertiary alicyclic amines) is 1. The Bertz CT molecular complexity index is 334. The number of amides is 2. The van der Waals surface area contributed by atoms with Gasteiger partial charge in [0.05, 0.1) is 13.1 Å². The number of hydrogen-bond acceptors (Lipinski definition) is 4. The molecule has 0 aromatic carbocycles. The van der Waals surface area contributed by atoms with Gasteiger partial charge in [0.15, 0.2) is 0 Å². The molecule has 2 aliphatic heterocycles. The molecule has 0 unspecified atom stereocenters. The number of likely N-dealkylation sites (N-methyl/N-ethyl adjacent to an activating group) is 1. The second-order valence-corrected chi connectivity index (χ2v) is 5.67. The van der Waals surface area contributed by atoms with Gasteiger partial charge in [0, 0.05) is 46.3 Å². The summed E-state index contributed by atoms with van der Waals surface area (Å²) < 4.78 is 0. The van der Waals surface area contributed by atoms with Gasteiger partial charge in [-0.2, -0.15) is 0 Å². The third-order valence-corrected chi connectivity index (χ3v) is 4.18. The number of carbonyl (C=O) groups is 2. The van der Waals surface area contributed by atoms with E-state index in [2.05, 4.69) is 15.1 Å². The normalized spacial score (nSPS) is 21.8. The van der Waals surface area contributed by atoms with Crippen LogP contribution in [-0.4, -0.2) is 85.9 Å². The van der Waals surface area contributed by atoms with Crippen molar-refractivity contribution in [2.75, 3.05) is 59.4 Å². The van der Waals surface area contributed by atoms with Crippen molar-refractivity contribution in [1.82, 2.24) is 20.0 Å². The topological polar surface area (TPSA) is 55.9 Å². The van der Waals surface area contributed by atoms with Gasteiger partial charge < -0.3 is 10.2 Å². The highest BCUT2D eigenvalue weighted by atomic mass is 16.2. The SMILES string of the molecule is CNC(=O)CN1CCN(CC(=O)N2CCCCC2)CC1. The van der Waals surface area contributed by atoms with E-state index in [0.29, 0.717) is 13.1 Å². The minimum Gasteiger partial charge on any atom is -0.358 e. The molecule has 6 nitrogen and oxygen atoms in total. The second-order valence-electron chi connectivity index (χ2n) is 5.67. The Morgan fingerprint density at radius 3 is 1.95 bits per heavy atom. The van der Waals surface area contributed by atoms with Gasteiger partial charge in [-0.15, -0.1) is 0 Å². The lowest BCUT2D eigenvalue weighted by Gasteiger charge is -2.35. The van der Waals surface area contributed by atoms with Crippen LogP contribution in [0.2, 0.25) is 0 Å². The van der Waals surface area contributed by atoms with Crippen molar-refractivity contribution in [2.45, 2.75) is 19.3 Å². The zero-order valence-corrected chi connectivity index (χ0v) is 12.4. The summed E-state index contributed by atoms with van der Waals surface area (Å²) in [5.74, 6) is 0.326. The molecule has 6 heteroatoms. The van der Waals surface area contributed by atoms with Crippen molar-refractivity contribution >= 4 is 11.8 Å². The van der Waals surface area contributed by atoms with Crippen LogP contribution in [0.4, 0.5) is 0 Å². The summed E-state index contributed by atoms with van der Waals surface area (Å²) in [6.45, 7) is 6.32. The average Bonchev–Trinajstić information content (AvgIpc) is 2.50. The van der Waals surface area contributed by atoms with Gasteiger partial charge in [0.2, 0.25) is 11.8 Å². The number of nitrogens with zero attached hydrogens (tertiary/aromatic N) is 3. The van der Waals surface area contributed by atoms with Gasteiger partial charge in [-0.1, -0.05) is 0 Å². The molecule has 20 heavy (non-hydrogen) atoms. The van der Waals surface area contributed by atoms with Crippen molar-refractivity contribution in [1.29, 1.82) is 0 Å². The van der Waals surface area contributed by atoms with Crippen molar-refractivity contribution in [3.05, 3.63) is 0 Å². The molecule has 2 rings (SSSR count). The lowest BCUT2D eigenvalue weighted by atomic mass is 10.1. The highest BCUT2D eigenvalue weighted by Gasteiger charge is 2.23. The molecule has 0 atom stereocenters. The second kappa shape index (κ2) is 7.59. The number of piperazine rings is 1. The van der Waals surface area contributed by atoms with E-state index in [1.54, 1.807) is 7.05 Å². The molecule has 0 aromatic rings. The third kappa shape index (κ3) is 4.45. The van der Waals surface area contributed by atoms with Crippen molar-refractivity contribution in [3.63, 3.8) is 0 Å². The molecule has 0 radical (unpaired) electrons. The van der Waals surface area contributed by atoms with Gasteiger partial charge in [0.25, 0.3) is 0 Å². The zero-order valence-electron chi connectivity index (χ0n) is 12.4. The molecule has 0 saturated carbocycles. The fraction of sp³-hybridized carbons (Fsp3) is 0.857. The van der Waals surface area contributed by atoms with Crippen LogP contribution in [0.1, 0.15) is 19.3 Å². The van der Waals surface area contributed by atoms with E-state index in [0.717, 1.165) is 52.1 Å². The standard InChI is InChI=1S/C14H26N4O2/c1-15-13(19)11-16-7-9-17(10-8-16)12-14(20)18-5-3-2-4-6-18/h2-12H2,1H3,(H,15,19). The molecule has 2 saturated heterocycles. The molecule has 0 bridgehead atoms. The molecular formula is C14H26N4O2. The molecular weight excluding hydrogens is 256 g/mol. The quantitative estimate of drug-likeness (QED) is 0.745. The lowest BCUT2D eigenvalue weighted by Crippen LogP contribution is -2.52. The maximum Gasteiger partial charge on any atom is 0.236 e. The highest BCUT2D eigenvalue weighted by Crippen LogP contribution is 2.10. The first kappa shape index (κ1) is 15.3. The Balaban J connectivity index is 1.68. The van der Waals surface area contributed by atoms with Gasteiger partial charge in [0.1, 0.15) is 0 Å². The number of piperidine rings is 1. The van der Waals surface area contributed by atoms with Crippen LogP contribution in [-0.2, 0) is 9.59 Å². The first-order valence-corrected chi connectivity index (χ1v) is 7.62. The van der Waals surface area contributed by atoms with Crippen LogP contribution in [0, 0.1) is 0 Å². The van der Waals surface area contributed by atoms with Gasteiger partial charge in [-0.3, -0.25) is 19.4 Å². The maximum atomic E-state index is 12.2. The average molecular weight is 282 g/mol. The Morgan fingerprint density at radius 1 is 0.850 bits per heavy atom. The third-order valence-electron chi connectivity index (χ3n) is 4.18. The van der Waals surface area contributed by atoms with E-state index in [1.165, 1.54) is 6.42 Å². The van der Waals surface area contributed by atoms with Gasteiger partial charge in [-0.05, 0) is 19.3 Å². The van der Waals surface area contributed by atoms with E-state index >= 15 is 0 Å². The Labute approximate surface area is 121 Å². The predicted molar refractivity (Wildman–Crippen MR) is 77.4 cm³/mol. The number of carbonyl (C=O) groups excluding carboxylic acids is 2. The number of rotatable bonds is 4. The summed E-state index contributed by atoms with van der Waals surface area (Å²) in [6, 6.07) is 0. The van der Waals surface area contributed by atoms with Gasteiger partial charge >= 0.3 is 0 Å². The molecule has 2 heterocycles. The Hall–Kier alpha value is -1.14. The highest BCUT2D eigenvalue weighted by molar-refractivity contribution is 5.78. The summed E-state index contributed by atoms with van der Waals surface area (Å²) in [7, 11) is 1.66. The number of nitrogens with one attached hydrogen (secondary N) is 1. The van der Waals surface area contributed by atoms with E-state index in [4.69, 9.17) is 0 Å². The van der Waals surface area contributed by atoms with E-state index in [-0.39, 0.29) is 11.8 Å². The van der Waals surface area contributed by atoms with Crippen molar-refractivity contribution in [3.8, 4) is 0 Å². The maximum absolute atomic E-state index is 12.2. The van der Waals surface area contributed by atoms with E-state index in [9.17, 15) is 9.59 Å². The molecule has 0 spiro atoms. The van der Waals surface area contributed by atoms with Crippen LogP contribution >= 0.6 is 0 Å². The summed E-state index contributed by atoms with van der Waals surface area (Å²) in [4.78, 5) is 29.8. The van der Waals surface area contributed by atoms with E-state index < -0.39 is 0 Å². The minimum atomic E-state index is 0.0582. The van der Waals surface area contributed by atoms with Crippen LogP contribution in [0.3, 0.4) is 0 Å². The first-order valence-electron chi connectivity index (χ1n) is 7.62.